The molecule has 0 aliphatic carbocycles. The second-order valence-electron chi connectivity index (χ2n) is 3.38. The van der Waals surface area contributed by atoms with Crippen molar-refractivity contribution in [3.8, 4) is 12.3 Å². The summed E-state index contributed by atoms with van der Waals surface area (Å²) in [6, 6.07) is -0.183. The van der Waals surface area contributed by atoms with Crippen molar-refractivity contribution in [1.29, 1.82) is 0 Å². The third kappa shape index (κ3) is 1.78. The second kappa shape index (κ2) is 3.90. The van der Waals surface area contributed by atoms with Crippen LogP contribution in [-0.4, -0.2) is 18.2 Å². The number of hydrogen-bond acceptors (Lipinski definition) is 3. The summed E-state index contributed by atoms with van der Waals surface area (Å²) in [5.74, 6) is 7.93. The van der Waals surface area contributed by atoms with Crippen LogP contribution in [0.2, 0.25) is 0 Å². The molecule has 0 aromatic rings. The molecular formula is C9H16N2O. The zero-order valence-corrected chi connectivity index (χ0v) is 7.47. The summed E-state index contributed by atoms with van der Waals surface area (Å²) in [5, 5.41) is 0. The molecular weight excluding hydrogens is 152 g/mol. The molecule has 0 saturated carbocycles. The molecule has 3 N–H and O–H groups in total. The van der Waals surface area contributed by atoms with Crippen LogP contribution in [0.15, 0.2) is 0 Å². The Balaban J connectivity index is 2.61. The first-order valence-electron chi connectivity index (χ1n) is 4.29. The van der Waals surface area contributed by atoms with E-state index in [9.17, 15) is 0 Å². The van der Waals surface area contributed by atoms with Crippen molar-refractivity contribution in [2.45, 2.75) is 37.8 Å². The molecule has 2 unspecified atom stereocenters. The zero-order valence-electron chi connectivity index (χ0n) is 7.47. The number of ether oxygens (including phenoxy) is 1. The molecule has 1 saturated heterocycles. The molecule has 1 heterocycles. The minimum Gasteiger partial charge on any atom is -0.373 e. The highest BCUT2D eigenvalue weighted by atomic mass is 16.5. The highest BCUT2D eigenvalue weighted by Crippen LogP contribution is 2.27. The molecule has 12 heavy (non-hydrogen) atoms. The maximum absolute atomic E-state index is 5.62. The number of nitrogens with two attached hydrogens (primary N) is 1. The first-order chi connectivity index (χ1) is 5.73. The Labute approximate surface area is 73.6 Å². The lowest BCUT2D eigenvalue weighted by Crippen LogP contribution is -2.53. The van der Waals surface area contributed by atoms with Crippen LogP contribution >= 0.6 is 0 Å². The molecule has 1 rings (SSSR count). The first-order valence-corrected chi connectivity index (χ1v) is 4.29. The van der Waals surface area contributed by atoms with Gasteiger partial charge in [-0.2, -0.15) is 0 Å². The Morgan fingerprint density at radius 2 is 2.42 bits per heavy atom. The number of hydrogen-bond donors (Lipinski definition) is 2. The van der Waals surface area contributed by atoms with E-state index in [-0.39, 0.29) is 11.6 Å². The van der Waals surface area contributed by atoms with Crippen molar-refractivity contribution in [2.75, 3.05) is 6.61 Å². The van der Waals surface area contributed by atoms with E-state index in [2.05, 4.69) is 11.3 Å². The molecule has 1 aliphatic rings. The summed E-state index contributed by atoms with van der Waals surface area (Å²) in [6.07, 6.45) is 8.59. The van der Waals surface area contributed by atoms with E-state index in [0.717, 1.165) is 25.9 Å². The molecule has 0 aromatic carbocycles. The lowest BCUT2D eigenvalue weighted by Gasteiger charge is -2.37. The zero-order chi connectivity index (χ0) is 9.03. The molecule has 2 atom stereocenters. The maximum Gasteiger partial charge on any atom is 0.110 e. The molecule has 3 nitrogen and oxygen atoms in total. The Morgan fingerprint density at radius 3 is 2.83 bits per heavy atom. The van der Waals surface area contributed by atoms with Gasteiger partial charge in [0, 0.05) is 6.61 Å². The predicted molar refractivity (Wildman–Crippen MR) is 48.2 cm³/mol. The lowest BCUT2D eigenvalue weighted by atomic mass is 9.89. The standard InChI is InChI=1S/C9H16N2O/c1-3-8(11-10)9(2)6-4-5-7-12-9/h1,8,11H,4-7,10H2,2H3. The van der Waals surface area contributed by atoms with Crippen LogP contribution in [0.25, 0.3) is 0 Å². The van der Waals surface area contributed by atoms with Crippen molar-refractivity contribution >= 4 is 0 Å². The molecule has 0 amide bonds. The van der Waals surface area contributed by atoms with Crippen LogP contribution in [0.4, 0.5) is 0 Å². The van der Waals surface area contributed by atoms with Crippen LogP contribution in [-0.2, 0) is 4.74 Å². The van der Waals surface area contributed by atoms with Crippen molar-refractivity contribution in [3.63, 3.8) is 0 Å². The van der Waals surface area contributed by atoms with Gasteiger partial charge in [-0.15, -0.1) is 6.42 Å². The van der Waals surface area contributed by atoms with Gasteiger partial charge in [0.1, 0.15) is 6.04 Å². The fourth-order valence-corrected chi connectivity index (χ4v) is 1.58. The smallest absolute Gasteiger partial charge is 0.110 e. The second-order valence-corrected chi connectivity index (χ2v) is 3.38. The SMILES string of the molecule is C#CC(NN)C1(C)CCCCO1. The fourth-order valence-electron chi connectivity index (χ4n) is 1.58. The van der Waals surface area contributed by atoms with Crippen molar-refractivity contribution in [3.05, 3.63) is 0 Å². The summed E-state index contributed by atoms with van der Waals surface area (Å²) in [4.78, 5) is 0. The van der Waals surface area contributed by atoms with Gasteiger partial charge < -0.3 is 4.74 Å². The Hall–Kier alpha value is -0.560. The Morgan fingerprint density at radius 1 is 1.67 bits per heavy atom. The van der Waals surface area contributed by atoms with E-state index in [1.165, 1.54) is 0 Å². The molecule has 1 fully saturated rings. The fraction of sp³-hybridized carbons (Fsp3) is 0.778. The van der Waals surface area contributed by atoms with Crippen LogP contribution in [0.5, 0.6) is 0 Å². The lowest BCUT2D eigenvalue weighted by molar-refractivity contribution is -0.0769. The number of hydrazine groups is 1. The minimum absolute atomic E-state index is 0.183. The van der Waals surface area contributed by atoms with E-state index < -0.39 is 0 Å². The monoisotopic (exact) mass is 168 g/mol. The van der Waals surface area contributed by atoms with Crippen molar-refractivity contribution in [1.82, 2.24) is 5.43 Å². The van der Waals surface area contributed by atoms with Gasteiger partial charge in [-0.3, -0.25) is 5.84 Å². The summed E-state index contributed by atoms with van der Waals surface area (Å²) in [6.45, 7) is 2.80. The Bertz CT molecular complexity index is 179. The van der Waals surface area contributed by atoms with E-state index in [4.69, 9.17) is 17.0 Å². The van der Waals surface area contributed by atoms with Crippen LogP contribution in [0.1, 0.15) is 26.2 Å². The predicted octanol–water partition coefficient (Wildman–Crippen LogP) is 0.411. The van der Waals surface area contributed by atoms with E-state index in [1.807, 2.05) is 6.92 Å². The summed E-state index contributed by atoms with van der Waals surface area (Å²) in [5.41, 5.74) is 2.32. The van der Waals surface area contributed by atoms with E-state index in [1.54, 1.807) is 0 Å². The highest BCUT2D eigenvalue weighted by molar-refractivity contribution is 5.08. The normalized spacial score (nSPS) is 32.4. The van der Waals surface area contributed by atoms with E-state index in [0.29, 0.717) is 0 Å². The summed E-state index contributed by atoms with van der Waals surface area (Å²) in [7, 11) is 0. The number of rotatable bonds is 2. The molecule has 0 radical (unpaired) electrons. The first kappa shape index (κ1) is 9.53. The van der Waals surface area contributed by atoms with Crippen LogP contribution in [0.3, 0.4) is 0 Å². The van der Waals surface area contributed by atoms with Crippen molar-refractivity contribution in [2.24, 2.45) is 5.84 Å². The van der Waals surface area contributed by atoms with Crippen LogP contribution in [0, 0.1) is 12.3 Å². The third-order valence-electron chi connectivity index (χ3n) is 2.44. The molecule has 68 valence electrons. The van der Waals surface area contributed by atoms with Gasteiger partial charge in [-0.25, -0.2) is 5.43 Å². The highest BCUT2D eigenvalue weighted by Gasteiger charge is 2.35. The molecule has 0 bridgehead atoms. The maximum atomic E-state index is 5.62. The summed E-state index contributed by atoms with van der Waals surface area (Å²) < 4.78 is 5.62. The third-order valence-corrected chi connectivity index (χ3v) is 2.44. The van der Waals surface area contributed by atoms with Gasteiger partial charge in [0.05, 0.1) is 5.60 Å². The van der Waals surface area contributed by atoms with Crippen molar-refractivity contribution < 1.29 is 4.74 Å². The topological polar surface area (TPSA) is 47.3 Å². The van der Waals surface area contributed by atoms with Gasteiger partial charge in [0.25, 0.3) is 0 Å². The van der Waals surface area contributed by atoms with Gasteiger partial charge >= 0.3 is 0 Å². The number of terminal acetylenes is 1. The van der Waals surface area contributed by atoms with Gasteiger partial charge in [-0.05, 0) is 26.2 Å². The molecule has 0 spiro atoms. The van der Waals surface area contributed by atoms with Crippen LogP contribution < -0.4 is 11.3 Å². The van der Waals surface area contributed by atoms with Gasteiger partial charge in [0.15, 0.2) is 0 Å². The average molecular weight is 168 g/mol. The minimum atomic E-state index is -0.276. The number of nitrogens with one attached hydrogen (secondary N) is 1. The quantitative estimate of drug-likeness (QED) is 0.357. The van der Waals surface area contributed by atoms with Gasteiger partial charge in [0.2, 0.25) is 0 Å². The van der Waals surface area contributed by atoms with Gasteiger partial charge in [-0.1, -0.05) is 5.92 Å². The van der Waals surface area contributed by atoms with E-state index >= 15 is 0 Å². The molecule has 0 aromatic heterocycles. The Kier molecular flexibility index (Phi) is 3.10. The largest absolute Gasteiger partial charge is 0.373 e. The average Bonchev–Trinajstić information content (AvgIpc) is 2.07. The molecule has 3 heteroatoms. The summed E-state index contributed by atoms with van der Waals surface area (Å²) >= 11 is 0. The molecule has 1 aliphatic heterocycles.